The number of rotatable bonds is 4. The number of anilines is 1. The second kappa shape index (κ2) is 8.30. The Morgan fingerprint density at radius 2 is 1.64 bits per heavy atom. The summed E-state index contributed by atoms with van der Waals surface area (Å²) in [4.78, 5) is 15.0. The van der Waals surface area contributed by atoms with Gasteiger partial charge < -0.3 is 5.32 Å². The average molecular weight is 336 g/mol. The molecular formula is C22H28N2O. The van der Waals surface area contributed by atoms with Crippen LogP contribution in [0.1, 0.15) is 52.7 Å². The van der Waals surface area contributed by atoms with E-state index in [9.17, 15) is 4.79 Å². The normalized spacial score (nSPS) is 15.6. The van der Waals surface area contributed by atoms with Gasteiger partial charge in [-0.05, 0) is 74.7 Å². The average Bonchev–Trinajstić information content (AvgIpc) is 2.87. The molecule has 0 unspecified atom stereocenters. The van der Waals surface area contributed by atoms with E-state index in [0.29, 0.717) is 5.56 Å². The van der Waals surface area contributed by atoms with Crippen LogP contribution in [0.4, 0.5) is 5.69 Å². The van der Waals surface area contributed by atoms with E-state index in [2.05, 4.69) is 28.4 Å². The van der Waals surface area contributed by atoms with E-state index in [0.717, 1.165) is 23.4 Å². The minimum atomic E-state index is -0.0463. The smallest absolute Gasteiger partial charge is 0.255 e. The SMILES string of the molecule is Cc1ccc(C)c(NC(=O)c2ccc(CN3CCCCCC3)cc2)c1. The summed E-state index contributed by atoms with van der Waals surface area (Å²) in [6.07, 6.45) is 5.31. The number of carbonyl (C=O) groups excluding carboxylic acids is 1. The first-order valence-electron chi connectivity index (χ1n) is 9.32. The number of amides is 1. The van der Waals surface area contributed by atoms with Crippen LogP contribution in [-0.2, 0) is 6.54 Å². The molecule has 3 nitrogen and oxygen atoms in total. The van der Waals surface area contributed by atoms with E-state index in [-0.39, 0.29) is 5.91 Å². The summed E-state index contributed by atoms with van der Waals surface area (Å²) < 4.78 is 0. The van der Waals surface area contributed by atoms with Gasteiger partial charge in [-0.3, -0.25) is 9.69 Å². The molecule has 1 amide bonds. The molecule has 1 aliphatic heterocycles. The maximum atomic E-state index is 12.5. The topological polar surface area (TPSA) is 32.3 Å². The van der Waals surface area contributed by atoms with Crippen LogP contribution in [0.15, 0.2) is 42.5 Å². The van der Waals surface area contributed by atoms with Gasteiger partial charge in [0.2, 0.25) is 0 Å². The van der Waals surface area contributed by atoms with E-state index in [1.165, 1.54) is 44.3 Å². The monoisotopic (exact) mass is 336 g/mol. The number of aryl methyl sites for hydroxylation is 2. The van der Waals surface area contributed by atoms with Crippen molar-refractivity contribution in [3.63, 3.8) is 0 Å². The Morgan fingerprint density at radius 1 is 0.960 bits per heavy atom. The van der Waals surface area contributed by atoms with Gasteiger partial charge in [0.05, 0.1) is 0 Å². The third kappa shape index (κ3) is 4.93. The number of nitrogens with zero attached hydrogens (tertiary/aromatic N) is 1. The summed E-state index contributed by atoms with van der Waals surface area (Å²) in [6.45, 7) is 7.41. The zero-order valence-corrected chi connectivity index (χ0v) is 15.3. The number of carbonyl (C=O) groups is 1. The highest BCUT2D eigenvalue weighted by Crippen LogP contribution is 2.18. The van der Waals surface area contributed by atoms with Gasteiger partial charge >= 0.3 is 0 Å². The molecule has 3 heteroatoms. The van der Waals surface area contributed by atoms with E-state index >= 15 is 0 Å². The molecule has 0 saturated carbocycles. The van der Waals surface area contributed by atoms with Crippen molar-refractivity contribution >= 4 is 11.6 Å². The van der Waals surface area contributed by atoms with Gasteiger partial charge in [-0.15, -0.1) is 0 Å². The molecule has 2 aromatic rings. The highest BCUT2D eigenvalue weighted by atomic mass is 16.1. The van der Waals surface area contributed by atoms with E-state index in [1.807, 2.05) is 38.1 Å². The van der Waals surface area contributed by atoms with Crippen LogP contribution in [0.2, 0.25) is 0 Å². The lowest BCUT2D eigenvalue weighted by Gasteiger charge is -2.19. The fourth-order valence-electron chi connectivity index (χ4n) is 3.38. The van der Waals surface area contributed by atoms with E-state index in [1.54, 1.807) is 0 Å². The van der Waals surface area contributed by atoms with Crippen LogP contribution in [0, 0.1) is 13.8 Å². The van der Waals surface area contributed by atoms with Gasteiger partial charge in [-0.2, -0.15) is 0 Å². The molecule has 0 radical (unpaired) electrons. The molecule has 2 aromatic carbocycles. The Morgan fingerprint density at radius 3 is 2.32 bits per heavy atom. The second-order valence-electron chi connectivity index (χ2n) is 7.16. The van der Waals surface area contributed by atoms with E-state index < -0.39 is 0 Å². The van der Waals surface area contributed by atoms with Gasteiger partial charge in [0, 0.05) is 17.8 Å². The van der Waals surface area contributed by atoms with Crippen molar-refractivity contribution < 1.29 is 4.79 Å². The van der Waals surface area contributed by atoms with Gasteiger partial charge in [0.25, 0.3) is 5.91 Å². The number of hydrogen-bond donors (Lipinski definition) is 1. The molecular weight excluding hydrogens is 308 g/mol. The highest BCUT2D eigenvalue weighted by molar-refractivity contribution is 6.04. The van der Waals surface area contributed by atoms with Crippen molar-refractivity contribution in [3.8, 4) is 0 Å². The van der Waals surface area contributed by atoms with Gasteiger partial charge in [-0.25, -0.2) is 0 Å². The Labute approximate surface area is 151 Å². The van der Waals surface area contributed by atoms with Gasteiger partial charge in [0.15, 0.2) is 0 Å². The van der Waals surface area contributed by atoms with Crippen LogP contribution in [-0.4, -0.2) is 23.9 Å². The molecule has 0 atom stereocenters. The zero-order chi connectivity index (χ0) is 17.6. The molecule has 1 aliphatic rings. The van der Waals surface area contributed by atoms with Crippen molar-refractivity contribution in [1.82, 2.24) is 4.90 Å². The van der Waals surface area contributed by atoms with Crippen molar-refractivity contribution in [3.05, 3.63) is 64.7 Å². The standard InChI is InChI=1S/C22H28N2O/c1-17-7-8-18(2)21(15-17)23-22(25)20-11-9-19(10-12-20)16-24-13-5-3-4-6-14-24/h7-12,15H,3-6,13-14,16H2,1-2H3,(H,23,25). The lowest BCUT2D eigenvalue weighted by atomic mass is 10.1. The molecule has 132 valence electrons. The summed E-state index contributed by atoms with van der Waals surface area (Å²) >= 11 is 0. The predicted octanol–water partition coefficient (Wildman–Crippen LogP) is 4.93. The van der Waals surface area contributed by atoms with Crippen LogP contribution in [0.3, 0.4) is 0 Å². The summed E-state index contributed by atoms with van der Waals surface area (Å²) in [6, 6.07) is 14.2. The first-order valence-corrected chi connectivity index (χ1v) is 9.32. The first-order chi connectivity index (χ1) is 12.1. The summed E-state index contributed by atoms with van der Waals surface area (Å²) in [5, 5.41) is 3.03. The molecule has 1 N–H and O–H groups in total. The first kappa shape index (κ1) is 17.7. The molecule has 3 rings (SSSR count). The Balaban J connectivity index is 1.63. The lowest BCUT2D eigenvalue weighted by molar-refractivity contribution is 0.102. The van der Waals surface area contributed by atoms with Crippen LogP contribution in [0.5, 0.6) is 0 Å². The summed E-state index contributed by atoms with van der Waals surface area (Å²) in [7, 11) is 0. The molecule has 1 saturated heterocycles. The van der Waals surface area contributed by atoms with Crippen molar-refractivity contribution in [2.45, 2.75) is 46.1 Å². The zero-order valence-electron chi connectivity index (χ0n) is 15.3. The lowest BCUT2D eigenvalue weighted by Crippen LogP contribution is -2.24. The Hall–Kier alpha value is -2.13. The summed E-state index contributed by atoms with van der Waals surface area (Å²) in [5.74, 6) is -0.0463. The molecule has 0 spiro atoms. The third-order valence-electron chi connectivity index (χ3n) is 4.96. The van der Waals surface area contributed by atoms with Gasteiger partial charge in [0.1, 0.15) is 0 Å². The predicted molar refractivity (Wildman–Crippen MR) is 104 cm³/mol. The van der Waals surface area contributed by atoms with Gasteiger partial charge in [-0.1, -0.05) is 37.1 Å². The quantitative estimate of drug-likeness (QED) is 0.858. The fraction of sp³-hybridized carbons (Fsp3) is 0.409. The largest absolute Gasteiger partial charge is 0.322 e. The maximum absolute atomic E-state index is 12.5. The Bertz CT molecular complexity index is 713. The number of nitrogens with one attached hydrogen (secondary N) is 1. The minimum absolute atomic E-state index is 0.0463. The Kier molecular flexibility index (Phi) is 5.87. The van der Waals surface area contributed by atoms with Crippen LogP contribution >= 0.6 is 0 Å². The second-order valence-corrected chi connectivity index (χ2v) is 7.16. The molecule has 0 aliphatic carbocycles. The third-order valence-corrected chi connectivity index (χ3v) is 4.96. The highest BCUT2D eigenvalue weighted by Gasteiger charge is 2.11. The molecule has 1 heterocycles. The van der Waals surface area contributed by atoms with Crippen LogP contribution in [0.25, 0.3) is 0 Å². The molecule has 0 bridgehead atoms. The maximum Gasteiger partial charge on any atom is 0.255 e. The molecule has 1 fully saturated rings. The fourth-order valence-corrected chi connectivity index (χ4v) is 3.38. The molecule has 0 aromatic heterocycles. The number of benzene rings is 2. The number of likely N-dealkylation sites (tertiary alicyclic amines) is 1. The minimum Gasteiger partial charge on any atom is -0.322 e. The van der Waals surface area contributed by atoms with Crippen molar-refractivity contribution in [1.29, 1.82) is 0 Å². The molecule has 25 heavy (non-hydrogen) atoms. The van der Waals surface area contributed by atoms with E-state index in [4.69, 9.17) is 0 Å². The van der Waals surface area contributed by atoms with Crippen molar-refractivity contribution in [2.75, 3.05) is 18.4 Å². The summed E-state index contributed by atoms with van der Waals surface area (Å²) in [5.41, 5.74) is 5.11. The van der Waals surface area contributed by atoms with Crippen LogP contribution < -0.4 is 5.32 Å². The van der Waals surface area contributed by atoms with Crippen molar-refractivity contribution in [2.24, 2.45) is 0 Å². The number of hydrogen-bond acceptors (Lipinski definition) is 2.